The van der Waals surface area contributed by atoms with Crippen molar-refractivity contribution < 1.29 is 9.84 Å². The van der Waals surface area contributed by atoms with Gasteiger partial charge in [0.25, 0.3) is 0 Å². The Morgan fingerprint density at radius 3 is 2.72 bits per heavy atom. The van der Waals surface area contributed by atoms with Gasteiger partial charge < -0.3 is 19.3 Å². The fourth-order valence-corrected chi connectivity index (χ4v) is 5.65. The van der Waals surface area contributed by atoms with Crippen LogP contribution in [-0.4, -0.2) is 70.4 Å². The third kappa shape index (κ3) is 4.89. The Morgan fingerprint density at radius 1 is 1.00 bits per heavy atom. The topological polar surface area (TPSA) is 53.8 Å². The van der Waals surface area contributed by atoms with Gasteiger partial charge in [-0.15, -0.1) is 0 Å². The molecule has 2 atom stereocenters. The maximum atomic E-state index is 10.7. The van der Waals surface area contributed by atoms with Gasteiger partial charge in [-0.1, -0.05) is 42.5 Å². The number of aliphatic hydroxyl groups excluding tert-OH is 1. The lowest BCUT2D eigenvalue weighted by Crippen LogP contribution is -2.38. The number of β-amino-alcohol motifs (C(OH)–C–C–N with tert-alkyl or cyclic N) is 1. The fourth-order valence-electron chi connectivity index (χ4n) is 5.65. The first-order valence-corrected chi connectivity index (χ1v) is 13.0. The van der Waals surface area contributed by atoms with E-state index in [1.165, 1.54) is 16.6 Å². The molecule has 6 heteroatoms. The van der Waals surface area contributed by atoms with E-state index in [0.717, 1.165) is 61.4 Å². The van der Waals surface area contributed by atoms with Crippen molar-refractivity contribution in [1.82, 2.24) is 19.4 Å². The number of hydrogen-bond acceptors (Lipinski definition) is 5. The van der Waals surface area contributed by atoms with Crippen LogP contribution in [0.5, 0.6) is 5.75 Å². The minimum Gasteiger partial charge on any atom is -0.491 e. The van der Waals surface area contributed by atoms with Gasteiger partial charge in [0.15, 0.2) is 0 Å². The summed E-state index contributed by atoms with van der Waals surface area (Å²) < 4.78 is 8.36. The number of hydrogen-bond donors (Lipinski definition) is 1. The maximum Gasteiger partial charge on any atom is 0.120 e. The van der Waals surface area contributed by atoms with Crippen molar-refractivity contribution in [3.05, 3.63) is 84.2 Å². The number of aliphatic hydroxyl groups is 1. The molecule has 2 aliphatic heterocycles. The summed E-state index contributed by atoms with van der Waals surface area (Å²) in [6.07, 6.45) is 3.64. The minimum atomic E-state index is -0.533. The smallest absolute Gasteiger partial charge is 0.120 e. The van der Waals surface area contributed by atoms with E-state index >= 15 is 0 Å². The summed E-state index contributed by atoms with van der Waals surface area (Å²) in [4.78, 5) is 9.33. The van der Waals surface area contributed by atoms with E-state index in [0.29, 0.717) is 12.6 Å². The van der Waals surface area contributed by atoms with Gasteiger partial charge in [-0.2, -0.15) is 0 Å². The molecule has 2 aliphatic rings. The predicted octanol–water partition coefficient (Wildman–Crippen LogP) is 4.38. The van der Waals surface area contributed by atoms with E-state index in [1.54, 1.807) is 0 Å². The Labute approximate surface area is 212 Å². The first-order chi connectivity index (χ1) is 17.6. The van der Waals surface area contributed by atoms with Gasteiger partial charge in [-0.25, -0.2) is 4.98 Å². The summed E-state index contributed by atoms with van der Waals surface area (Å²) in [5, 5.41) is 10.7. The van der Waals surface area contributed by atoms with E-state index in [9.17, 15) is 5.11 Å². The van der Waals surface area contributed by atoms with Crippen molar-refractivity contribution in [3.8, 4) is 16.9 Å². The van der Waals surface area contributed by atoms with Crippen LogP contribution in [0, 0.1) is 0 Å². The number of benzene rings is 3. The lowest BCUT2D eigenvalue weighted by molar-refractivity contribution is 0.0638. The van der Waals surface area contributed by atoms with E-state index in [-0.39, 0.29) is 6.61 Å². The van der Waals surface area contributed by atoms with Gasteiger partial charge >= 0.3 is 0 Å². The van der Waals surface area contributed by atoms with Gasteiger partial charge in [0.05, 0.1) is 17.4 Å². The number of likely N-dealkylation sites (N-methyl/N-ethyl adjacent to an activating group) is 1. The highest BCUT2D eigenvalue weighted by atomic mass is 16.5. The quantitative estimate of drug-likeness (QED) is 0.424. The summed E-state index contributed by atoms with van der Waals surface area (Å²) in [6.45, 7) is 4.94. The average Bonchev–Trinajstić information content (AvgIpc) is 3.53. The molecule has 6 nitrogen and oxygen atoms in total. The highest BCUT2D eigenvalue weighted by Crippen LogP contribution is 2.30. The Kier molecular flexibility index (Phi) is 6.48. The monoisotopic (exact) mass is 482 g/mol. The van der Waals surface area contributed by atoms with Crippen molar-refractivity contribution in [3.63, 3.8) is 0 Å². The largest absolute Gasteiger partial charge is 0.491 e. The van der Waals surface area contributed by atoms with E-state index < -0.39 is 6.10 Å². The Balaban J connectivity index is 1.11. The van der Waals surface area contributed by atoms with Crippen molar-refractivity contribution in [2.45, 2.75) is 31.5 Å². The van der Waals surface area contributed by atoms with Gasteiger partial charge in [0.2, 0.25) is 0 Å². The predicted molar refractivity (Wildman–Crippen MR) is 143 cm³/mol. The minimum absolute atomic E-state index is 0.280. The summed E-state index contributed by atoms with van der Waals surface area (Å²) in [6, 6.07) is 23.7. The van der Waals surface area contributed by atoms with Gasteiger partial charge in [-0.05, 0) is 73.0 Å². The number of fused-ring (bicyclic) bond motifs is 2. The molecule has 2 unspecified atom stereocenters. The van der Waals surface area contributed by atoms with E-state index in [4.69, 9.17) is 4.74 Å². The van der Waals surface area contributed by atoms with Gasteiger partial charge in [-0.3, -0.25) is 4.90 Å². The van der Waals surface area contributed by atoms with Crippen molar-refractivity contribution in [2.24, 2.45) is 0 Å². The van der Waals surface area contributed by atoms with Crippen LogP contribution in [-0.2, 0) is 13.0 Å². The molecule has 6 rings (SSSR count). The van der Waals surface area contributed by atoms with Crippen molar-refractivity contribution in [2.75, 3.05) is 39.8 Å². The molecule has 1 N–H and O–H groups in total. The number of imidazole rings is 1. The second-order valence-corrected chi connectivity index (χ2v) is 10.3. The lowest BCUT2D eigenvalue weighted by atomic mass is 10.00. The molecular weight excluding hydrogens is 448 g/mol. The molecule has 36 heavy (non-hydrogen) atoms. The molecule has 0 amide bonds. The first-order valence-electron chi connectivity index (χ1n) is 13.0. The number of likely N-dealkylation sites (tertiary alicyclic amines) is 1. The van der Waals surface area contributed by atoms with Crippen LogP contribution in [0.1, 0.15) is 23.6 Å². The molecule has 0 saturated carbocycles. The number of nitrogens with zero attached hydrogens (tertiary/aromatic N) is 4. The van der Waals surface area contributed by atoms with Crippen LogP contribution < -0.4 is 4.74 Å². The third-order valence-electron chi connectivity index (χ3n) is 7.62. The van der Waals surface area contributed by atoms with Crippen LogP contribution in [0.25, 0.3) is 22.2 Å². The zero-order valence-corrected chi connectivity index (χ0v) is 20.9. The van der Waals surface area contributed by atoms with E-state index in [2.05, 4.69) is 81.0 Å². The van der Waals surface area contributed by atoms with Crippen LogP contribution in [0.2, 0.25) is 0 Å². The van der Waals surface area contributed by atoms with Crippen molar-refractivity contribution in [1.29, 1.82) is 0 Å². The molecule has 0 bridgehead atoms. The van der Waals surface area contributed by atoms with Crippen LogP contribution in [0.15, 0.2) is 73.1 Å². The number of ether oxygens (including phenoxy) is 1. The molecule has 0 spiro atoms. The van der Waals surface area contributed by atoms with E-state index in [1.807, 2.05) is 18.5 Å². The summed E-state index contributed by atoms with van der Waals surface area (Å²) in [7, 11) is 2.18. The number of aromatic nitrogens is 2. The van der Waals surface area contributed by atoms with Gasteiger partial charge in [0, 0.05) is 32.2 Å². The molecule has 3 heterocycles. The Bertz CT molecular complexity index is 1350. The molecule has 1 saturated heterocycles. The Morgan fingerprint density at radius 2 is 1.86 bits per heavy atom. The highest BCUT2D eigenvalue weighted by molar-refractivity contribution is 5.82. The Hall–Kier alpha value is -3.19. The van der Waals surface area contributed by atoms with Crippen LogP contribution in [0.3, 0.4) is 0 Å². The molecule has 0 aliphatic carbocycles. The zero-order valence-electron chi connectivity index (χ0n) is 20.9. The molecule has 4 aromatic rings. The average molecular weight is 483 g/mol. The maximum absolute atomic E-state index is 10.7. The van der Waals surface area contributed by atoms with Crippen LogP contribution in [0.4, 0.5) is 0 Å². The molecule has 186 valence electrons. The number of rotatable bonds is 7. The molecule has 3 aromatic carbocycles. The second-order valence-electron chi connectivity index (χ2n) is 10.3. The molecule has 1 fully saturated rings. The fraction of sp³-hybridized carbons (Fsp3) is 0.367. The second kappa shape index (κ2) is 10.1. The molecular formula is C30H34N4O2. The first kappa shape index (κ1) is 23.2. The normalized spacial score (nSPS) is 19.4. The third-order valence-corrected chi connectivity index (χ3v) is 7.62. The lowest BCUT2D eigenvalue weighted by Gasteiger charge is -2.30. The van der Waals surface area contributed by atoms with Crippen molar-refractivity contribution >= 4 is 11.0 Å². The summed E-state index contributed by atoms with van der Waals surface area (Å²) in [5.74, 6) is 0.779. The van der Waals surface area contributed by atoms with Crippen LogP contribution >= 0.6 is 0 Å². The van der Waals surface area contributed by atoms with Gasteiger partial charge in [0.1, 0.15) is 18.5 Å². The summed E-state index contributed by atoms with van der Waals surface area (Å²) in [5.41, 5.74) is 7.25. The summed E-state index contributed by atoms with van der Waals surface area (Å²) >= 11 is 0. The SMILES string of the molecule is CN1CCC(n2cnc3ccc(-c4cccc(OCC(O)CN5CCc6ccccc6C5)c4)cc32)C1. The standard InChI is InChI=1S/C30H34N4O2/c1-32-13-12-26(18-32)34-21-31-29-10-9-24(16-30(29)34)23-7-4-8-28(15-23)36-20-27(35)19-33-14-11-22-5-2-3-6-25(22)17-33/h2-10,15-16,21,26-27,35H,11-14,17-20H2,1H3. The molecule has 1 aromatic heterocycles. The molecule has 0 radical (unpaired) electrons. The highest BCUT2D eigenvalue weighted by Gasteiger charge is 2.23. The zero-order chi connectivity index (χ0) is 24.5.